The molecule has 2 aromatic carbocycles. The second kappa shape index (κ2) is 13.6. The molecule has 0 bridgehead atoms. The SMILES string of the molecule is CC[C@@H](C(=O)NC1CCCC1)N(Cc1cccc(C)c1)C(=O)CCCN(c1ccc(OC)cc1)S(C)(=O)=O. The van der Waals surface area contributed by atoms with Gasteiger partial charge in [-0.1, -0.05) is 49.6 Å². The predicted octanol–water partition coefficient (Wildman–Crippen LogP) is 4.42. The van der Waals surface area contributed by atoms with Crippen molar-refractivity contribution in [1.29, 1.82) is 0 Å². The van der Waals surface area contributed by atoms with Crippen LogP contribution in [-0.4, -0.2) is 57.1 Å². The average Bonchev–Trinajstić information content (AvgIpc) is 3.39. The number of carbonyl (C=O) groups is 2. The molecule has 9 heteroatoms. The quantitative estimate of drug-likeness (QED) is 0.404. The van der Waals surface area contributed by atoms with Crippen molar-refractivity contribution in [2.45, 2.75) is 77.4 Å². The largest absolute Gasteiger partial charge is 0.497 e. The van der Waals surface area contributed by atoms with Gasteiger partial charge in [0, 0.05) is 25.6 Å². The van der Waals surface area contributed by atoms with Gasteiger partial charge in [-0.2, -0.15) is 0 Å². The fourth-order valence-electron chi connectivity index (χ4n) is 5.05. The van der Waals surface area contributed by atoms with Gasteiger partial charge in [-0.25, -0.2) is 8.42 Å². The van der Waals surface area contributed by atoms with E-state index in [4.69, 9.17) is 4.74 Å². The molecule has 0 spiro atoms. The van der Waals surface area contributed by atoms with Crippen LogP contribution in [0.3, 0.4) is 0 Å². The first-order chi connectivity index (χ1) is 18.1. The third kappa shape index (κ3) is 8.21. The van der Waals surface area contributed by atoms with Crippen molar-refractivity contribution in [1.82, 2.24) is 10.2 Å². The van der Waals surface area contributed by atoms with Crippen LogP contribution >= 0.6 is 0 Å². The number of benzene rings is 2. The molecule has 0 aromatic heterocycles. The van der Waals surface area contributed by atoms with E-state index in [1.54, 1.807) is 36.3 Å². The number of aryl methyl sites for hydroxylation is 1. The molecule has 208 valence electrons. The van der Waals surface area contributed by atoms with Crippen molar-refractivity contribution in [3.8, 4) is 5.75 Å². The first kappa shape index (κ1) is 29.5. The molecule has 3 rings (SSSR count). The molecule has 0 aliphatic heterocycles. The number of hydrogen-bond donors (Lipinski definition) is 1. The van der Waals surface area contributed by atoms with Crippen LogP contribution in [0.4, 0.5) is 5.69 Å². The van der Waals surface area contributed by atoms with Gasteiger partial charge >= 0.3 is 0 Å². The molecule has 0 radical (unpaired) electrons. The van der Waals surface area contributed by atoms with E-state index >= 15 is 0 Å². The van der Waals surface area contributed by atoms with Crippen LogP contribution < -0.4 is 14.4 Å². The Morgan fingerprint density at radius 1 is 1.11 bits per heavy atom. The van der Waals surface area contributed by atoms with Crippen molar-refractivity contribution in [2.75, 3.05) is 24.2 Å². The minimum Gasteiger partial charge on any atom is -0.497 e. The normalized spacial score (nSPS) is 14.6. The summed E-state index contributed by atoms with van der Waals surface area (Å²) in [5.74, 6) is 0.352. The van der Waals surface area contributed by atoms with Crippen molar-refractivity contribution < 1.29 is 22.7 Å². The number of anilines is 1. The van der Waals surface area contributed by atoms with Crippen LogP contribution in [-0.2, 0) is 26.2 Å². The number of hydrogen-bond acceptors (Lipinski definition) is 5. The van der Waals surface area contributed by atoms with Crippen LogP contribution in [0.15, 0.2) is 48.5 Å². The summed E-state index contributed by atoms with van der Waals surface area (Å²) in [6, 6.07) is 14.3. The Hall–Kier alpha value is -3.07. The molecule has 1 aliphatic rings. The topological polar surface area (TPSA) is 96.0 Å². The Morgan fingerprint density at radius 2 is 1.79 bits per heavy atom. The lowest BCUT2D eigenvalue weighted by Crippen LogP contribution is -2.51. The van der Waals surface area contributed by atoms with Crippen LogP contribution in [0.2, 0.25) is 0 Å². The lowest BCUT2D eigenvalue weighted by Gasteiger charge is -2.32. The summed E-state index contributed by atoms with van der Waals surface area (Å²) in [5.41, 5.74) is 2.56. The maximum atomic E-state index is 13.6. The number of ether oxygens (including phenoxy) is 1. The lowest BCUT2D eigenvalue weighted by atomic mass is 10.1. The number of carbonyl (C=O) groups excluding carboxylic acids is 2. The standard InChI is InChI=1S/C29H41N3O5S/c1-5-27(29(34)30-24-12-6-7-13-24)31(21-23-11-8-10-22(2)20-23)28(33)14-9-19-32(38(4,35)36)25-15-17-26(37-3)18-16-25/h8,10-11,15-18,20,24,27H,5-7,9,12-14,19,21H2,1-4H3,(H,30,34)/t27-/m0/s1. The molecule has 2 amide bonds. The zero-order chi connectivity index (χ0) is 27.7. The first-order valence-corrected chi connectivity index (χ1v) is 15.2. The summed E-state index contributed by atoms with van der Waals surface area (Å²) >= 11 is 0. The highest BCUT2D eigenvalue weighted by Crippen LogP contribution is 2.23. The molecule has 1 fully saturated rings. The summed E-state index contributed by atoms with van der Waals surface area (Å²) in [6.45, 7) is 4.40. The highest BCUT2D eigenvalue weighted by molar-refractivity contribution is 7.92. The number of rotatable bonds is 13. The Balaban J connectivity index is 1.75. The van der Waals surface area contributed by atoms with Gasteiger partial charge in [0.1, 0.15) is 11.8 Å². The van der Waals surface area contributed by atoms with E-state index in [9.17, 15) is 18.0 Å². The van der Waals surface area contributed by atoms with Gasteiger partial charge in [-0.15, -0.1) is 0 Å². The van der Waals surface area contributed by atoms with Gasteiger partial charge < -0.3 is 15.0 Å². The molecule has 2 aromatic rings. The highest BCUT2D eigenvalue weighted by atomic mass is 32.2. The van der Waals surface area contributed by atoms with Gasteiger partial charge in [-0.05, 0) is 62.4 Å². The van der Waals surface area contributed by atoms with E-state index in [0.29, 0.717) is 30.8 Å². The monoisotopic (exact) mass is 543 g/mol. The fourth-order valence-corrected chi connectivity index (χ4v) is 6.01. The van der Waals surface area contributed by atoms with Crippen molar-refractivity contribution in [3.63, 3.8) is 0 Å². The predicted molar refractivity (Wildman–Crippen MR) is 151 cm³/mol. The van der Waals surface area contributed by atoms with Gasteiger partial charge in [-0.3, -0.25) is 13.9 Å². The molecular formula is C29H41N3O5S. The zero-order valence-electron chi connectivity index (χ0n) is 23.0. The molecule has 0 unspecified atom stereocenters. The number of methoxy groups -OCH3 is 1. The smallest absolute Gasteiger partial charge is 0.243 e. The van der Waals surface area contributed by atoms with Crippen molar-refractivity contribution in [3.05, 3.63) is 59.7 Å². The molecule has 8 nitrogen and oxygen atoms in total. The molecule has 1 N–H and O–H groups in total. The van der Waals surface area contributed by atoms with Gasteiger partial charge in [0.15, 0.2) is 0 Å². The zero-order valence-corrected chi connectivity index (χ0v) is 23.8. The molecule has 1 atom stereocenters. The maximum Gasteiger partial charge on any atom is 0.243 e. The van der Waals surface area contributed by atoms with Crippen LogP contribution in [0, 0.1) is 6.92 Å². The number of amides is 2. The van der Waals surface area contributed by atoms with E-state index in [-0.39, 0.29) is 30.8 Å². The fraction of sp³-hybridized carbons (Fsp3) is 0.517. The molecule has 0 saturated heterocycles. The Bertz CT molecular complexity index is 1180. The number of nitrogens with one attached hydrogen (secondary N) is 1. The number of nitrogens with zero attached hydrogens (tertiary/aromatic N) is 2. The van der Waals surface area contributed by atoms with E-state index in [2.05, 4.69) is 5.32 Å². The van der Waals surface area contributed by atoms with E-state index in [1.165, 1.54) is 4.31 Å². The van der Waals surface area contributed by atoms with Crippen LogP contribution in [0.5, 0.6) is 5.75 Å². The maximum absolute atomic E-state index is 13.6. The first-order valence-electron chi connectivity index (χ1n) is 13.4. The van der Waals surface area contributed by atoms with Crippen molar-refractivity contribution in [2.24, 2.45) is 0 Å². The third-order valence-corrected chi connectivity index (χ3v) is 8.23. The summed E-state index contributed by atoms with van der Waals surface area (Å²) in [6.07, 6.45) is 6.27. The highest BCUT2D eigenvalue weighted by Gasteiger charge is 2.30. The van der Waals surface area contributed by atoms with Crippen LogP contribution in [0.1, 0.15) is 63.0 Å². The average molecular weight is 544 g/mol. The summed E-state index contributed by atoms with van der Waals surface area (Å²) in [5, 5.41) is 3.16. The third-order valence-electron chi connectivity index (χ3n) is 7.04. The minimum absolute atomic E-state index is 0.114. The second-order valence-corrected chi connectivity index (χ2v) is 12.0. The van der Waals surface area contributed by atoms with Crippen LogP contribution in [0.25, 0.3) is 0 Å². The molecular weight excluding hydrogens is 502 g/mol. The number of sulfonamides is 1. The molecule has 38 heavy (non-hydrogen) atoms. The molecule has 0 heterocycles. The van der Waals surface area contributed by atoms with E-state index in [0.717, 1.165) is 43.1 Å². The minimum atomic E-state index is -3.55. The second-order valence-electron chi connectivity index (χ2n) is 10.1. The van der Waals surface area contributed by atoms with Gasteiger partial charge in [0.2, 0.25) is 21.8 Å². The Kier molecular flexibility index (Phi) is 10.6. The molecule has 1 aliphatic carbocycles. The molecule has 1 saturated carbocycles. The van der Waals surface area contributed by atoms with E-state index < -0.39 is 16.1 Å². The van der Waals surface area contributed by atoms with E-state index in [1.807, 2.05) is 38.1 Å². The lowest BCUT2D eigenvalue weighted by molar-refractivity contribution is -0.141. The van der Waals surface area contributed by atoms with Crippen molar-refractivity contribution >= 4 is 27.5 Å². The summed E-state index contributed by atoms with van der Waals surface area (Å²) in [4.78, 5) is 28.5. The van der Waals surface area contributed by atoms with Gasteiger partial charge in [0.25, 0.3) is 0 Å². The summed E-state index contributed by atoms with van der Waals surface area (Å²) < 4.78 is 31.5. The Morgan fingerprint density at radius 3 is 2.37 bits per heavy atom. The summed E-state index contributed by atoms with van der Waals surface area (Å²) in [7, 11) is -2.00. The van der Waals surface area contributed by atoms with Gasteiger partial charge in [0.05, 0.1) is 19.1 Å². The Labute approximate surface area is 227 Å².